The number of thioether (sulfide) groups is 1. The summed E-state index contributed by atoms with van der Waals surface area (Å²) in [7, 11) is 0. The zero-order chi connectivity index (χ0) is 16.2. The highest BCUT2D eigenvalue weighted by molar-refractivity contribution is 7.97. The predicted molar refractivity (Wildman–Crippen MR) is 88.0 cm³/mol. The lowest BCUT2D eigenvalue weighted by Crippen LogP contribution is -2.39. The molecule has 2 aromatic heterocycles. The molecule has 1 aliphatic rings. The van der Waals surface area contributed by atoms with Crippen LogP contribution in [0.4, 0.5) is 0 Å². The van der Waals surface area contributed by atoms with Crippen LogP contribution in [0.3, 0.4) is 0 Å². The summed E-state index contributed by atoms with van der Waals surface area (Å²) in [5, 5.41) is 8.15. The highest BCUT2D eigenvalue weighted by Crippen LogP contribution is 2.23. The van der Waals surface area contributed by atoms with E-state index >= 15 is 0 Å². The van der Waals surface area contributed by atoms with Crippen molar-refractivity contribution in [2.45, 2.75) is 31.2 Å². The molecular weight excluding hydrogens is 314 g/mol. The summed E-state index contributed by atoms with van der Waals surface area (Å²) in [4.78, 5) is 14.3. The number of amides is 1. The van der Waals surface area contributed by atoms with E-state index in [1.807, 2.05) is 28.1 Å². The first-order chi connectivity index (χ1) is 11.2. The van der Waals surface area contributed by atoms with E-state index < -0.39 is 0 Å². The molecule has 0 radical (unpaired) electrons. The molecule has 124 valence electrons. The molecule has 1 fully saturated rings. The quantitative estimate of drug-likeness (QED) is 0.894. The van der Waals surface area contributed by atoms with Crippen LogP contribution in [0.15, 0.2) is 22.7 Å². The Labute approximate surface area is 139 Å². The van der Waals surface area contributed by atoms with Gasteiger partial charge in [-0.05, 0) is 31.2 Å². The van der Waals surface area contributed by atoms with Gasteiger partial charge in [-0.25, -0.2) is 4.68 Å². The fraction of sp³-hybridized carbons (Fsp3) is 0.533. The minimum Gasteiger partial charge on any atom is -0.455 e. The van der Waals surface area contributed by atoms with E-state index in [9.17, 15) is 4.79 Å². The van der Waals surface area contributed by atoms with Gasteiger partial charge in [-0.2, -0.15) is 11.8 Å². The van der Waals surface area contributed by atoms with E-state index in [-0.39, 0.29) is 11.9 Å². The summed E-state index contributed by atoms with van der Waals surface area (Å²) in [5.41, 5.74) is 6.35. The van der Waals surface area contributed by atoms with Crippen molar-refractivity contribution in [1.29, 1.82) is 0 Å². The second-order valence-electron chi connectivity index (χ2n) is 5.62. The Balaban J connectivity index is 1.58. The lowest BCUT2D eigenvalue weighted by atomic mass is 10.1. The topological polar surface area (TPSA) is 90.2 Å². The molecule has 0 atom stereocenters. The van der Waals surface area contributed by atoms with E-state index in [4.69, 9.17) is 10.2 Å². The van der Waals surface area contributed by atoms with Crippen LogP contribution in [0.2, 0.25) is 0 Å². The summed E-state index contributed by atoms with van der Waals surface area (Å²) in [6.07, 6.45) is 5.62. The number of carbonyl (C=O) groups is 1. The second-order valence-corrected chi connectivity index (χ2v) is 6.48. The number of hydrogen-bond donors (Lipinski definition) is 1. The third kappa shape index (κ3) is 3.59. The zero-order valence-corrected chi connectivity index (χ0v) is 14.0. The van der Waals surface area contributed by atoms with Gasteiger partial charge in [0.25, 0.3) is 5.91 Å². The number of rotatable bonds is 5. The van der Waals surface area contributed by atoms with Gasteiger partial charge in [0.2, 0.25) is 0 Å². The lowest BCUT2D eigenvalue weighted by Gasteiger charge is -2.31. The second kappa shape index (κ2) is 7.18. The van der Waals surface area contributed by atoms with Crippen molar-refractivity contribution >= 4 is 17.7 Å². The number of nitrogens with two attached hydrogens (primary N) is 1. The third-order valence-corrected chi connectivity index (χ3v) is 4.62. The molecule has 7 nitrogen and oxygen atoms in total. The van der Waals surface area contributed by atoms with Crippen LogP contribution >= 0.6 is 11.8 Å². The molecule has 0 aromatic carbocycles. The van der Waals surface area contributed by atoms with Crippen LogP contribution in [0, 0.1) is 0 Å². The first kappa shape index (κ1) is 16.1. The molecule has 2 N–H and O–H groups in total. The van der Waals surface area contributed by atoms with Crippen LogP contribution in [-0.4, -0.2) is 45.1 Å². The molecular formula is C15H21N5O2S. The van der Waals surface area contributed by atoms with Crippen LogP contribution in [0.1, 0.15) is 40.9 Å². The summed E-state index contributed by atoms with van der Waals surface area (Å²) in [6.45, 7) is 1.79. The summed E-state index contributed by atoms with van der Waals surface area (Å²) >= 11 is 1.67. The van der Waals surface area contributed by atoms with Gasteiger partial charge in [0.05, 0.1) is 23.7 Å². The van der Waals surface area contributed by atoms with Crippen molar-refractivity contribution in [3.8, 4) is 0 Å². The number of likely N-dealkylation sites (tertiary alicyclic amines) is 1. The largest absolute Gasteiger partial charge is 0.455 e. The normalized spacial score (nSPS) is 16.0. The number of aromatic nitrogens is 3. The number of piperidine rings is 1. The van der Waals surface area contributed by atoms with Crippen molar-refractivity contribution in [2.24, 2.45) is 5.73 Å². The van der Waals surface area contributed by atoms with E-state index in [2.05, 4.69) is 10.3 Å². The molecule has 0 spiro atoms. The molecule has 1 aliphatic heterocycles. The minimum absolute atomic E-state index is 0.0305. The molecule has 3 heterocycles. The van der Waals surface area contributed by atoms with Gasteiger partial charge in [0, 0.05) is 19.6 Å². The standard InChI is InChI=1S/C15H21N5O2S/c1-23-10-13-2-3-14(22-13)15(21)19-6-4-12(5-7-19)20-9-11(8-16)17-18-20/h2-3,9,12H,4-8,10,16H2,1H3. The van der Waals surface area contributed by atoms with Gasteiger partial charge in [-0.15, -0.1) is 5.10 Å². The van der Waals surface area contributed by atoms with Crippen molar-refractivity contribution in [3.05, 3.63) is 35.5 Å². The van der Waals surface area contributed by atoms with Crippen LogP contribution in [0.25, 0.3) is 0 Å². The first-order valence-corrected chi connectivity index (χ1v) is 9.08. The summed E-state index contributed by atoms with van der Waals surface area (Å²) in [5.74, 6) is 2.02. The third-order valence-electron chi connectivity index (χ3n) is 4.05. The molecule has 2 aromatic rings. The number of hydrogen-bond acceptors (Lipinski definition) is 6. The van der Waals surface area contributed by atoms with Gasteiger partial charge in [0.15, 0.2) is 5.76 Å². The molecule has 0 unspecified atom stereocenters. The molecule has 3 rings (SSSR count). The average Bonchev–Trinajstić information content (AvgIpc) is 3.24. The molecule has 8 heteroatoms. The Morgan fingerprint density at radius 2 is 2.22 bits per heavy atom. The maximum Gasteiger partial charge on any atom is 0.289 e. The van der Waals surface area contributed by atoms with Gasteiger partial charge >= 0.3 is 0 Å². The fourth-order valence-corrected chi connectivity index (χ4v) is 3.23. The van der Waals surface area contributed by atoms with Gasteiger partial charge in [-0.1, -0.05) is 5.21 Å². The van der Waals surface area contributed by atoms with E-state index in [1.54, 1.807) is 17.8 Å². The van der Waals surface area contributed by atoms with Crippen LogP contribution in [0.5, 0.6) is 0 Å². The summed E-state index contributed by atoms with van der Waals surface area (Å²) < 4.78 is 7.48. The molecule has 1 saturated heterocycles. The monoisotopic (exact) mass is 335 g/mol. The Morgan fingerprint density at radius 1 is 1.43 bits per heavy atom. The Hall–Kier alpha value is -1.80. The first-order valence-electron chi connectivity index (χ1n) is 7.69. The highest BCUT2D eigenvalue weighted by atomic mass is 32.2. The molecule has 1 amide bonds. The van der Waals surface area contributed by atoms with Gasteiger partial charge < -0.3 is 15.1 Å². The number of carbonyl (C=O) groups excluding carboxylic acids is 1. The smallest absolute Gasteiger partial charge is 0.289 e. The minimum atomic E-state index is -0.0305. The molecule has 0 aliphatic carbocycles. The molecule has 0 bridgehead atoms. The lowest BCUT2D eigenvalue weighted by molar-refractivity contribution is 0.0656. The molecule has 23 heavy (non-hydrogen) atoms. The van der Waals surface area contributed by atoms with Crippen molar-refractivity contribution in [2.75, 3.05) is 19.3 Å². The number of nitrogens with zero attached hydrogens (tertiary/aromatic N) is 4. The van der Waals surface area contributed by atoms with Crippen LogP contribution in [-0.2, 0) is 12.3 Å². The zero-order valence-electron chi connectivity index (χ0n) is 13.1. The average molecular weight is 335 g/mol. The van der Waals surface area contributed by atoms with Crippen LogP contribution < -0.4 is 5.73 Å². The SMILES string of the molecule is CSCc1ccc(C(=O)N2CCC(n3cc(CN)nn3)CC2)o1. The maximum atomic E-state index is 12.5. The van der Waals surface area contributed by atoms with Crippen molar-refractivity contribution in [1.82, 2.24) is 19.9 Å². The summed E-state index contributed by atoms with van der Waals surface area (Å²) in [6, 6.07) is 3.92. The maximum absolute atomic E-state index is 12.5. The Morgan fingerprint density at radius 3 is 2.87 bits per heavy atom. The predicted octanol–water partition coefficient (Wildman–Crippen LogP) is 1.67. The van der Waals surface area contributed by atoms with Crippen molar-refractivity contribution < 1.29 is 9.21 Å². The molecule has 0 saturated carbocycles. The number of furan rings is 1. The Bertz CT molecular complexity index is 660. The van der Waals surface area contributed by atoms with E-state index in [0.717, 1.165) is 30.0 Å². The van der Waals surface area contributed by atoms with E-state index in [1.165, 1.54) is 0 Å². The van der Waals surface area contributed by atoms with E-state index in [0.29, 0.717) is 25.4 Å². The van der Waals surface area contributed by atoms with Gasteiger partial charge in [0.1, 0.15) is 5.76 Å². The van der Waals surface area contributed by atoms with Crippen molar-refractivity contribution in [3.63, 3.8) is 0 Å². The highest BCUT2D eigenvalue weighted by Gasteiger charge is 2.26. The van der Waals surface area contributed by atoms with Gasteiger partial charge in [-0.3, -0.25) is 4.79 Å². The fourth-order valence-electron chi connectivity index (χ4n) is 2.79. The Kier molecular flexibility index (Phi) is 5.02.